The van der Waals surface area contributed by atoms with E-state index in [-0.39, 0.29) is 35.5 Å². The third kappa shape index (κ3) is 9.20. The van der Waals surface area contributed by atoms with Crippen molar-refractivity contribution in [3.05, 3.63) is 150 Å². The zero-order valence-corrected chi connectivity index (χ0v) is 30.4. The molecule has 11 nitrogen and oxygen atoms in total. The second kappa shape index (κ2) is 17.1. The van der Waals surface area contributed by atoms with Crippen molar-refractivity contribution in [2.45, 2.75) is 57.6 Å². The Morgan fingerprint density at radius 2 is 1.15 bits per heavy atom. The van der Waals surface area contributed by atoms with Crippen LogP contribution >= 0.6 is 0 Å². The summed E-state index contributed by atoms with van der Waals surface area (Å²) in [6.45, 7) is 4.85. The first kappa shape index (κ1) is 36.9. The molecular weight excluding hydrogens is 704 g/mol. The van der Waals surface area contributed by atoms with E-state index in [4.69, 9.17) is 42.3 Å². The van der Waals surface area contributed by atoms with E-state index in [0.29, 0.717) is 28.4 Å². The molecule has 2 heterocycles. The Morgan fingerprint density at radius 1 is 0.618 bits per heavy atom. The van der Waals surface area contributed by atoms with E-state index in [2.05, 4.69) is 0 Å². The van der Waals surface area contributed by atoms with Gasteiger partial charge in [-0.1, -0.05) is 72.8 Å². The van der Waals surface area contributed by atoms with E-state index in [1.54, 1.807) is 32.0 Å². The van der Waals surface area contributed by atoms with Gasteiger partial charge in [0.25, 0.3) is 5.75 Å². The van der Waals surface area contributed by atoms with Crippen LogP contribution in [0.1, 0.15) is 20.8 Å². The number of rotatable bonds is 14. The van der Waals surface area contributed by atoms with Crippen molar-refractivity contribution in [1.29, 1.82) is 0 Å². The SMILES string of the molecule is CC(=O)Oc1c(OC(C)C)c2ccc(O[C@H]3O[C@H](COc4ccccc4)[C@@H](Oc4ccccc4)[C@H](Oc4ccccc4)[C@@H]3Oc3ccccc3)cc2oc1=O. The van der Waals surface area contributed by atoms with Gasteiger partial charge in [-0.2, -0.15) is 0 Å². The molecule has 0 aliphatic carbocycles. The van der Waals surface area contributed by atoms with Gasteiger partial charge in [-0.05, 0) is 74.5 Å². The van der Waals surface area contributed by atoms with Crippen LogP contribution in [0, 0.1) is 0 Å². The first-order valence-corrected chi connectivity index (χ1v) is 17.9. The monoisotopic (exact) mass is 744 g/mol. The van der Waals surface area contributed by atoms with Crippen LogP contribution in [0.15, 0.2) is 149 Å². The van der Waals surface area contributed by atoms with Crippen molar-refractivity contribution in [1.82, 2.24) is 0 Å². The van der Waals surface area contributed by atoms with Gasteiger partial charge in [0.2, 0.25) is 12.4 Å². The molecule has 1 aliphatic rings. The first-order valence-electron chi connectivity index (χ1n) is 17.9. The Labute approximate surface area is 317 Å². The summed E-state index contributed by atoms with van der Waals surface area (Å²) >= 11 is 0. The van der Waals surface area contributed by atoms with E-state index in [9.17, 15) is 9.59 Å². The number of fused-ring (bicyclic) bond motifs is 1. The lowest BCUT2D eigenvalue weighted by atomic mass is 9.97. The van der Waals surface area contributed by atoms with E-state index < -0.39 is 42.3 Å². The highest BCUT2D eigenvalue weighted by Gasteiger charge is 2.52. The smallest absolute Gasteiger partial charge is 0.383 e. The van der Waals surface area contributed by atoms with Crippen molar-refractivity contribution in [2.75, 3.05) is 6.61 Å². The average molecular weight is 745 g/mol. The second-order valence-electron chi connectivity index (χ2n) is 12.9. The summed E-state index contributed by atoms with van der Waals surface area (Å²) in [5.41, 5.74) is -0.748. The van der Waals surface area contributed by atoms with Gasteiger partial charge >= 0.3 is 11.6 Å². The van der Waals surface area contributed by atoms with Crippen LogP contribution in [0.4, 0.5) is 0 Å². The maximum absolute atomic E-state index is 13.1. The minimum Gasteiger partial charge on any atom is -0.491 e. The summed E-state index contributed by atoms with van der Waals surface area (Å²) in [4.78, 5) is 25.0. The van der Waals surface area contributed by atoms with Crippen LogP contribution < -0.4 is 38.8 Å². The summed E-state index contributed by atoms with van der Waals surface area (Å²) < 4.78 is 56.6. The van der Waals surface area contributed by atoms with Gasteiger partial charge < -0.3 is 42.3 Å². The van der Waals surface area contributed by atoms with E-state index in [1.165, 1.54) is 6.92 Å². The molecule has 1 saturated heterocycles. The van der Waals surface area contributed by atoms with Crippen molar-refractivity contribution in [2.24, 2.45) is 0 Å². The predicted octanol–water partition coefficient (Wildman–Crippen LogP) is 8.03. The summed E-state index contributed by atoms with van der Waals surface area (Å²) in [6, 6.07) is 42.3. The third-order valence-electron chi connectivity index (χ3n) is 8.44. The molecule has 0 spiro atoms. The van der Waals surface area contributed by atoms with Crippen LogP contribution in [0.2, 0.25) is 0 Å². The highest BCUT2D eigenvalue weighted by molar-refractivity contribution is 5.87. The number of benzene rings is 5. The van der Waals surface area contributed by atoms with Crippen LogP contribution in [0.25, 0.3) is 11.0 Å². The fraction of sp³-hybridized carbons (Fsp3) is 0.227. The van der Waals surface area contributed by atoms with Crippen LogP contribution in [0.5, 0.6) is 40.2 Å². The standard InChI is InChI=1S/C44H40O11/c1-28(2)48-38-35-25-24-34(26-36(35)54-43(46)41(38)49-29(3)45)53-44-42(52-33-22-14-7-15-23-33)40(51-32-20-12-6-13-21-32)39(50-31-18-10-5-11-19-31)37(55-44)27-47-30-16-8-4-9-17-30/h4-26,28,37,39-40,42,44H,27H2,1-3H3/t37-,39-,40+,42+,44+/m1/s1. The molecule has 0 bridgehead atoms. The number of hydrogen-bond acceptors (Lipinski definition) is 11. The van der Waals surface area contributed by atoms with E-state index >= 15 is 0 Å². The highest BCUT2D eigenvalue weighted by atomic mass is 16.7. The van der Waals surface area contributed by atoms with Gasteiger partial charge in [0.05, 0.1) is 11.5 Å². The molecule has 7 rings (SSSR count). The maximum atomic E-state index is 13.1. The van der Waals surface area contributed by atoms with Gasteiger partial charge in [-0.15, -0.1) is 0 Å². The van der Waals surface area contributed by atoms with Crippen molar-refractivity contribution < 1.29 is 47.1 Å². The Balaban J connectivity index is 1.31. The maximum Gasteiger partial charge on any atom is 0.383 e. The summed E-state index contributed by atoms with van der Waals surface area (Å²) in [5.74, 6) is 1.70. The quantitative estimate of drug-likeness (QED) is 0.0796. The summed E-state index contributed by atoms with van der Waals surface area (Å²) in [5, 5.41) is 0.397. The van der Waals surface area contributed by atoms with Crippen LogP contribution in [0.3, 0.4) is 0 Å². The number of carbonyl (C=O) groups is 1. The molecule has 0 amide bonds. The molecule has 1 fully saturated rings. The largest absolute Gasteiger partial charge is 0.491 e. The third-order valence-corrected chi connectivity index (χ3v) is 8.44. The lowest BCUT2D eigenvalue weighted by Gasteiger charge is -2.45. The molecule has 1 aromatic heterocycles. The minimum absolute atomic E-state index is 0.0650. The molecular formula is C44H40O11. The Bertz CT molecular complexity index is 2210. The van der Waals surface area contributed by atoms with Gasteiger partial charge in [0.15, 0.2) is 18.0 Å². The molecule has 1 aliphatic heterocycles. The average Bonchev–Trinajstić information content (AvgIpc) is 3.19. The highest BCUT2D eigenvalue weighted by Crippen LogP contribution is 2.38. The van der Waals surface area contributed by atoms with Crippen molar-refractivity contribution >= 4 is 16.9 Å². The molecule has 11 heteroatoms. The normalized spacial score (nSPS) is 19.3. The van der Waals surface area contributed by atoms with Crippen molar-refractivity contribution in [3.63, 3.8) is 0 Å². The summed E-state index contributed by atoms with van der Waals surface area (Å²) in [6.07, 6.45) is -4.76. The van der Waals surface area contributed by atoms with Crippen LogP contribution in [-0.2, 0) is 9.53 Å². The number of ether oxygens (including phenoxy) is 8. The fourth-order valence-electron chi connectivity index (χ4n) is 6.10. The van der Waals surface area contributed by atoms with E-state index in [0.717, 1.165) is 0 Å². The second-order valence-corrected chi connectivity index (χ2v) is 12.9. The van der Waals surface area contributed by atoms with Gasteiger partial charge in [0, 0.05) is 13.0 Å². The number of esters is 1. The number of carbonyl (C=O) groups excluding carboxylic acids is 1. The van der Waals surface area contributed by atoms with Gasteiger partial charge in [0.1, 0.15) is 47.0 Å². The molecule has 55 heavy (non-hydrogen) atoms. The topological polar surface area (TPSA) is 121 Å². The molecule has 5 aromatic carbocycles. The lowest BCUT2D eigenvalue weighted by molar-refractivity contribution is -0.260. The zero-order chi connectivity index (χ0) is 38.1. The van der Waals surface area contributed by atoms with Gasteiger partial charge in [-0.25, -0.2) is 4.79 Å². The predicted molar refractivity (Wildman–Crippen MR) is 203 cm³/mol. The first-order chi connectivity index (χ1) is 26.8. The van der Waals surface area contributed by atoms with Crippen molar-refractivity contribution in [3.8, 4) is 40.2 Å². The molecule has 0 N–H and O–H groups in total. The summed E-state index contributed by atoms with van der Waals surface area (Å²) in [7, 11) is 0. The van der Waals surface area contributed by atoms with Gasteiger partial charge in [-0.3, -0.25) is 4.79 Å². The molecule has 282 valence electrons. The molecule has 0 radical (unpaired) electrons. The van der Waals surface area contributed by atoms with E-state index in [1.807, 2.05) is 121 Å². The lowest BCUT2D eigenvalue weighted by Crippen LogP contribution is -2.66. The molecule has 0 unspecified atom stereocenters. The Kier molecular flexibility index (Phi) is 11.5. The molecule has 0 saturated carbocycles. The zero-order valence-electron chi connectivity index (χ0n) is 30.4. The van der Waals surface area contributed by atoms with Crippen LogP contribution in [-0.4, -0.2) is 49.4 Å². The molecule has 6 aromatic rings. The molecule has 5 atom stereocenters. The Morgan fingerprint density at radius 3 is 1.69 bits per heavy atom. The minimum atomic E-state index is -1.12. The fourth-order valence-corrected chi connectivity index (χ4v) is 6.10. The Hall–Kier alpha value is -6.46. The number of hydrogen-bond donors (Lipinski definition) is 0. The number of para-hydroxylation sites is 4.